The van der Waals surface area contributed by atoms with E-state index in [0.717, 1.165) is 19.6 Å². The van der Waals surface area contributed by atoms with Crippen LogP contribution in [0.2, 0.25) is 0 Å². The third-order valence-electron chi connectivity index (χ3n) is 1.64. The van der Waals surface area contributed by atoms with Gasteiger partial charge in [0.25, 0.3) is 0 Å². The summed E-state index contributed by atoms with van der Waals surface area (Å²) in [5.74, 6) is 0.248. The molecule has 0 aromatic carbocycles. The van der Waals surface area contributed by atoms with Gasteiger partial charge in [0.1, 0.15) is 0 Å². The Hall–Kier alpha value is -0.830. The normalized spacial score (nSPS) is 17.1. The van der Waals surface area contributed by atoms with Gasteiger partial charge in [0.15, 0.2) is 0 Å². The predicted molar refractivity (Wildman–Crippen MR) is 40.1 cm³/mol. The highest BCUT2D eigenvalue weighted by atomic mass is 16.5. The molecule has 0 unspecified atom stereocenters. The molecule has 0 spiro atoms. The number of hydrogen-bond acceptors (Lipinski definition) is 3. The highest BCUT2D eigenvalue weighted by Gasteiger charge is 2.17. The smallest absolute Gasteiger partial charge is 0.330 e. The maximum absolute atomic E-state index is 10.5. The second-order valence-corrected chi connectivity index (χ2v) is 2.56. The molecule has 11 heavy (non-hydrogen) atoms. The van der Waals surface area contributed by atoms with Crippen LogP contribution in [0.5, 0.6) is 0 Å². The van der Waals surface area contributed by atoms with Crippen molar-refractivity contribution in [1.82, 2.24) is 0 Å². The number of hydrogen-bond donors (Lipinski definition) is 0. The number of ether oxygens (including phenoxy) is 2. The molecule has 1 rings (SSSR count). The first-order valence-corrected chi connectivity index (χ1v) is 3.70. The first-order chi connectivity index (χ1) is 5.33. The van der Waals surface area contributed by atoms with Crippen LogP contribution in [0, 0.1) is 5.92 Å². The van der Waals surface area contributed by atoms with Crippen LogP contribution < -0.4 is 0 Å². The standard InChI is InChI=1S/C8H12O3/c1-2-8(9)11-4-3-7-5-10-6-7/h2,7H,1,3-6H2. The molecule has 3 heteroatoms. The average molecular weight is 156 g/mol. The molecule has 1 fully saturated rings. The van der Waals surface area contributed by atoms with Gasteiger partial charge in [-0.1, -0.05) is 6.58 Å². The lowest BCUT2D eigenvalue weighted by atomic mass is 10.1. The Morgan fingerprint density at radius 3 is 2.91 bits per heavy atom. The molecule has 1 heterocycles. The average Bonchev–Trinajstić information content (AvgIpc) is 1.94. The van der Waals surface area contributed by atoms with Crippen molar-refractivity contribution in [1.29, 1.82) is 0 Å². The van der Waals surface area contributed by atoms with Crippen molar-refractivity contribution in [3.05, 3.63) is 12.7 Å². The summed E-state index contributed by atoms with van der Waals surface area (Å²) in [6.07, 6.45) is 2.08. The maximum atomic E-state index is 10.5. The molecule has 3 nitrogen and oxygen atoms in total. The molecule has 0 saturated carbocycles. The van der Waals surface area contributed by atoms with Gasteiger partial charge in [-0.2, -0.15) is 0 Å². The van der Waals surface area contributed by atoms with Crippen molar-refractivity contribution >= 4 is 5.97 Å². The highest BCUT2D eigenvalue weighted by Crippen LogP contribution is 2.13. The van der Waals surface area contributed by atoms with Crippen LogP contribution >= 0.6 is 0 Å². The van der Waals surface area contributed by atoms with E-state index < -0.39 is 0 Å². The number of rotatable bonds is 4. The van der Waals surface area contributed by atoms with Crippen molar-refractivity contribution in [2.24, 2.45) is 5.92 Å². The highest BCUT2D eigenvalue weighted by molar-refractivity contribution is 5.81. The first kappa shape index (κ1) is 8.27. The molecule has 1 saturated heterocycles. The minimum absolute atomic E-state index is 0.342. The monoisotopic (exact) mass is 156 g/mol. The molecule has 0 amide bonds. The van der Waals surface area contributed by atoms with E-state index in [1.165, 1.54) is 6.08 Å². The Kier molecular flexibility index (Phi) is 3.11. The number of carbonyl (C=O) groups excluding carboxylic acids is 1. The Bertz CT molecular complexity index is 149. The van der Waals surface area contributed by atoms with E-state index >= 15 is 0 Å². The van der Waals surface area contributed by atoms with E-state index in [9.17, 15) is 4.79 Å². The molecule has 1 aliphatic rings. The van der Waals surface area contributed by atoms with Crippen LogP contribution in [0.4, 0.5) is 0 Å². The minimum atomic E-state index is -0.342. The second-order valence-electron chi connectivity index (χ2n) is 2.56. The maximum Gasteiger partial charge on any atom is 0.330 e. The SMILES string of the molecule is C=CC(=O)OCCC1COC1. The Morgan fingerprint density at radius 1 is 1.73 bits per heavy atom. The summed E-state index contributed by atoms with van der Waals surface area (Å²) in [5, 5.41) is 0. The molecule has 0 radical (unpaired) electrons. The van der Waals surface area contributed by atoms with Crippen molar-refractivity contribution in [3.8, 4) is 0 Å². The molecule has 62 valence electrons. The number of carbonyl (C=O) groups is 1. The van der Waals surface area contributed by atoms with E-state index in [1.54, 1.807) is 0 Å². The summed E-state index contributed by atoms with van der Waals surface area (Å²) >= 11 is 0. The molecular weight excluding hydrogens is 144 g/mol. The molecule has 0 N–H and O–H groups in total. The van der Waals surface area contributed by atoms with Gasteiger partial charge in [0.2, 0.25) is 0 Å². The van der Waals surface area contributed by atoms with Gasteiger partial charge in [-0.25, -0.2) is 4.79 Å². The summed E-state index contributed by atoms with van der Waals surface area (Å²) in [4.78, 5) is 10.5. The zero-order valence-electron chi connectivity index (χ0n) is 6.41. The fourth-order valence-corrected chi connectivity index (χ4v) is 0.836. The van der Waals surface area contributed by atoms with Crippen LogP contribution in [0.3, 0.4) is 0 Å². The van der Waals surface area contributed by atoms with Gasteiger partial charge >= 0.3 is 5.97 Å². The van der Waals surface area contributed by atoms with Crippen LogP contribution in [0.15, 0.2) is 12.7 Å². The molecule has 0 aliphatic carbocycles. The largest absolute Gasteiger partial charge is 0.463 e. The van der Waals surface area contributed by atoms with Gasteiger partial charge in [-0.15, -0.1) is 0 Å². The first-order valence-electron chi connectivity index (χ1n) is 3.70. The molecule has 1 aliphatic heterocycles. The van der Waals surface area contributed by atoms with Crippen molar-refractivity contribution in [2.45, 2.75) is 6.42 Å². The quantitative estimate of drug-likeness (QED) is 0.445. The van der Waals surface area contributed by atoms with Gasteiger partial charge < -0.3 is 9.47 Å². The summed E-state index contributed by atoms with van der Waals surface area (Å²) in [5.41, 5.74) is 0. The van der Waals surface area contributed by atoms with E-state index in [4.69, 9.17) is 9.47 Å². The van der Waals surface area contributed by atoms with E-state index in [2.05, 4.69) is 6.58 Å². The Labute approximate surface area is 66.0 Å². The van der Waals surface area contributed by atoms with Gasteiger partial charge in [0, 0.05) is 12.0 Å². The molecular formula is C8H12O3. The van der Waals surface area contributed by atoms with Crippen LogP contribution in [0.1, 0.15) is 6.42 Å². The minimum Gasteiger partial charge on any atom is -0.463 e. The van der Waals surface area contributed by atoms with E-state index in [0.29, 0.717) is 12.5 Å². The van der Waals surface area contributed by atoms with Crippen LogP contribution in [0.25, 0.3) is 0 Å². The zero-order chi connectivity index (χ0) is 8.10. The fourth-order valence-electron chi connectivity index (χ4n) is 0.836. The Morgan fingerprint density at radius 2 is 2.45 bits per heavy atom. The van der Waals surface area contributed by atoms with Crippen molar-refractivity contribution in [3.63, 3.8) is 0 Å². The van der Waals surface area contributed by atoms with Crippen LogP contribution in [-0.4, -0.2) is 25.8 Å². The lowest BCUT2D eigenvalue weighted by Crippen LogP contribution is -2.28. The van der Waals surface area contributed by atoms with Gasteiger partial charge in [0.05, 0.1) is 19.8 Å². The predicted octanol–water partition coefficient (Wildman–Crippen LogP) is 0.752. The molecule has 0 aromatic heterocycles. The summed E-state index contributed by atoms with van der Waals surface area (Å²) in [6.45, 7) is 5.40. The lowest BCUT2D eigenvalue weighted by Gasteiger charge is -2.25. The fraction of sp³-hybridized carbons (Fsp3) is 0.625. The Balaban J connectivity index is 1.94. The second kappa shape index (κ2) is 4.13. The van der Waals surface area contributed by atoms with E-state index in [1.807, 2.05) is 0 Å². The summed E-state index contributed by atoms with van der Waals surface area (Å²) in [6, 6.07) is 0. The van der Waals surface area contributed by atoms with Crippen LogP contribution in [-0.2, 0) is 14.3 Å². The van der Waals surface area contributed by atoms with Gasteiger partial charge in [-0.3, -0.25) is 0 Å². The number of esters is 1. The topological polar surface area (TPSA) is 35.5 Å². The van der Waals surface area contributed by atoms with Gasteiger partial charge in [-0.05, 0) is 6.42 Å². The summed E-state index contributed by atoms with van der Waals surface area (Å²) < 4.78 is 9.74. The van der Waals surface area contributed by atoms with Crippen molar-refractivity contribution < 1.29 is 14.3 Å². The lowest BCUT2D eigenvalue weighted by molar-refractivity contribution is -0.139. The van der Waals surface area contributed by atoms with E-state index in [-0.39, 0.29) is 5.97 Å². The molecule has 0 atom stereocenters. The van der Waals surface area contributed by atoms with Crippen molar-refractivity contribution in [2.75, 3.05) is 19.8 Å². The molecule has 0 aromatic rings. The summed E-state index contributed by atoms with van der Waals surface area (Å²) in [7, 11) is 0. The zero-order valence-corrected chi connectivity index (χ0v) is 6.41. The third kappa shape index (κ3) is 2.72. The molecule has 0 bridgehead atoms. The third-order valence-corrected chi connectivity index (χ3v) is 1.64.